The number of β-lactam (4-membered cyclic amide) rings is 1. The summed E-state index contributed by atoms with van der Waals surface area (Å²) in [6.07, 6.45) is -0.963. The molecule has 1 fully saturated rings. The summed E-state index contributed by atoms with van der Waals surface area (Å²) in [5.74, 6) is -3.30. The second kappa shape index (κ2) is 10.2. The minimum Gasteiger partial charge on any atom is -0.543 e. The molecule has 186 valence electrons. The van der Waals surface area contributed by atoms with Gasteiger partial charge < -0.3 is 19.9 Å². The molecule has 2 aliphatic rings. The first-order valence-electron chi connectivity index (χ1n) is 11.6. The smallest absolute Gasteiger partial charge is 0.543 e. The van der Waals surface area contributed by atoms with Crippen LogP contribution in [0.15, 0.2) is 89.0 Å². The van der Waals surface area contributed by atoms with E-state index in [-0.39, 0.29) is 52.3 Å². The van der Waals surface area contributed by atoms with E-state index in [1.807, 2.05) is 24.3 Å². The summed E-state index contributed by atoms with van der Waals surface area (Å²) < 4.78 is 29.1. The number of hydrogen-bond donors (Lipinski definition) is 1. The Morgan fingerprint density at radius 3 is 2.30 bits per heavy atom. The van der Waals surface area contributed by atoms with Crippen molar-refractivity contribution >= 4 is 38.4 Å². The first-order valence-corrected chi connectivity index (χ1v) is 13.1. The Kier molecular flexibility index (Phi) is 7.56. The molecule has 0 radical (unpaired) electrons. The summed E-state index contributed by atoms with van der Waals surface area (Å²) in [5.41, 5.74) is 0.310. The number of aliphatic carboxylic acids is 1. The van der Waals surface area contributed by atoms with Gasteiger partial charge in [-0.1, -0.05) is 55.5 Å². The quantitative estimate of drug-likeness (QED) is 0.307. The Bertz CT molecular complexity index is 1510. The van der Waals surface area contributed by atoms with Crippen molar-refractivity contribution in [2.75, 3.05) is 10.8 Å². The Hall–Kier alpha value is -2.69. The van der Waals surface area contributed by atoms with Crippen molar-refractivity contribution in [1.82, 2.24) is 4.90 Å². The number of hydrogen-bond acceptors (Lipinski definition) is 6. The number of anilines is 1. The Labute approximate surface area is 237 Å². The molecule has 2 heterocycles. The van der Waals surface area contributed by atoms with Crippen molar-refractivity contribution in [3.05, 3.63) is 84.1 Å². The van der Waals surface area contributed by atoms with Crippen LogP contribution < -0.4 is 39.0 Å². The molecular formula is C27H25N2NaO6S. The summed E-state index contributed by atoms with van der Waals surface area (Å²) >= 11 is 0. The Balaban J connectivity index is 0.00000320. The van der Waals surface area contributed by atoms with Crippen LogP contribution in [-0.2, 0) is 19.6 Å². The molecule has 0 saturated carbocycles. The second-order valence-corrected chi connectivity index (χ2v) is 11.1. The van der Waals surface area contributed by atoms with Crippen LogP contribution in [-0.4, -0.2) is 49.0 Å². The van der Waals surface area contributed by atoms with Gasteiger partial charge in [0.2, 0.25) is 5.91 Å². The van der Waals surface area contributed by atoms with Crippen LogP contribution in [0.1, 0.15) is 13.8 Å². The topological polar surface area (TPSA) is 118 Å². The molecule has 3 aromatic carbocycles. The van der Waals surface area contributed by atoms with Crippen molar-refractivity contribution in [3.63, 3.8) is 0 Å². The molecule has 4 atom stereocenters. The molecule has 3 aromatic rings. The molecule has 10 heteroatoms. The van der Waals surface area contributed by atoms with E-state index in [0.717, 1.165) is 15.7 Å². The maximum atomic E-state index is 14.0. The van der Waals surface area contributed by atoms with Gasteiger partial charge in [0.25, 0.3) is 10.0 Å². The fourth-order valence-corrected chi connectivity index (χ4v) is 6.84. The van der Waals surface area contributed by atoms with Crippen molar-refractivity contribution < 1.29 is 57.8 Å². The van der Waals surface area contributed by atoms with Crippen LogP contribution in [0.25, 0.3) is 10.8 Å². The molecule has 0 aliphatic carbocycles. The van der Waals surface area contributed by atoms with Gasteiger partial charge in [-0.05, 0) is 47.5 Å². The zero-order valence-corrected chi connectivity index (χ0v) is 23.6. The van der Waals surface area contributed by atoms with E-state index < -0.39 is 45.9 Å². The van der Waals surface area contributed by atoms with Crippen molar-refractivity contribution in [1.29, 1.82) is 0 Å². The van der Waals surface area contributed by atoms with Gasteiger partial charge in [-0.3, -0.25) is 9.10 Å². The van der Waals surface area contributed by atoms with E-state index in [1.54, 1.807) is 49.4 Å². The first-order chi connectivity index (χ1) is 17.1. The molecular weight excluding hydrogens is 503 g/mol. The third-order valence-electron chi connectivity index (χ3n) is 7.18. The largest absolute Gasteiger partial charge is 1.00 e. The number of carbonyl (C=O) groups excluding carboxylic acids is 2. The number of amides is 1. The van der Waals surface area contributed by atoms with Crippen LogP contribution >= 0.6 is 0 Å². The standard InChI is InChI=1S/C27H26N2O6S.Na/c1-16-22(25(27(32)33)29-24(16)23(17(2)30)26(29)31)15-28(20-10-4-3-5-11-20)36(34,35)21-13-12-18-8-6-7-9-19(18)14-21;/h3-14,16-17,23-24,30H,15H2,1-2H3,(H,32,33);/q;+1/p-1/t16-,17+,23+,24+;/m0./s1. The zero-order valence-electron chi connectivity index (χ0n) is 20.7. The van der Waals surface area contributed by atoms with Crippen LogP contribution in [0.2, 0.25) is 0 Å². The van der Waals surface area contributed by atoms with E-state index in [0.29, 0.717) is 5.69 Å². The maximum Gasteiger partial charge on any atom is 1.00 e. The zero-order chi connectivity index (χ0) is 25.8. The van der Waals surface area contributed by atoms with E-state index in [9.17, 15) is 28.2 Å². The third-order valence-corrected chi connectivity index (χ3v) is 8.95. The van der Waals surface area contributed by atoms with E-state index in [4.69, 9.17) is 0 Å². The number of carboxylic acid groups (broad SMARTS) is 1. The first kappa shape index (κ1) is 27.3. The SMILES string of the molecule is C[C@@H](O)[C@H]1C(=O)N2C(C(=O)[O-])=C(CN(c3ccccc3)S(=O)(=O)c3ccc4ccccc4c3)[C@H](C)[C@H]12.[Na+]. The number of aliphatic hydroxyl groups excluding tert-OH is 1. The van der Waals surface area contributed by atoms with Gasteiger partial charge in [0.1, 0.15) is 0 Å². The Morgan fingerprint density at radius 2 is 1.68 bits per heavy atom. The predicted molar refractivity (Wildman–Crippen MR) is 132 cm³/mol. The number of benzene rings is 3. The van der Waals surface area contributed by atoms with Crippen LogP contribution in [0.5, 0.6) is 0 Å². The van der Waals surface area contributed by atoms with Crippen LogP contribution in [0.4, 0.5) is 5.69 Å². The molecule has 2 aliphatic heterocycles. The molecule has 0 spiro atoms. The van der Waals surface area contributed by atoms with E-state index in [1.165, 1.54) is 17.3 Å². The van der Waals surface area contributed by atoms with E-state index in [2.05, 4.69) is 0 Å². The monoisotopic (exact) mass is 528 g/mol. The fraction of sp³-hybridized carbons (Fsp3) is 0.259. The second-order valence-electron chi connectivity index (χ2n) is 9.27. The summed E-state index contributed by atoms with van der Waals surface area (Å²) in [6, 6.07) is 20.1. The average Bonchev–Trinajstić information content (AvgIpc) is 3.10. The van der Waals surface area contributed by atoms with Gasteiger partial charge in [0.15, 0.2) is 0 Å². The average molecular weight is 529 g/mol. The van der Waals surface area contributed by atoms with Gasteiger partial charge in [-0.25, -0.2) is 8.42 Å². The normalized spacial score (nSPS) is 21.8. The molecule has 5 rings (SSSR count). The summed E-state index contributed by atoms with van der Waals surface area (Å²) in [4.78, 5) is 26.1. The van der Waals surface area contributed by atoms with Gasteiger partial charge >= 0.3 is 29.6 Å². The van der Waals surface area contributed by atoms with Crippen molar-refractivity contribution in [2.45, 2.75) is 30.9 Å². The number of carbonyl (C=O) groups is 2. The fourth-order valence-electron chi connectivity index (χ4n) is 5.36. The number of aliphatic hydroxyl groups is 1. The molecule has 1 N–H and O–H groups in total. The van der Waals surface area contributed by atoms with Crippen LogP contribution in [0.3, 0.4) is 0 Å². The minimum atomic E-state index is -4.13. The number of nitrogens with zero attached hydrogens (tertiary/aromatic N) is 2. The molecule has 0 bridgehead atoms. The van der Waals surface area contributed by atoms with Crippen molar-refractivity contribution in [2.24, 2.45) is 11.8 Å². The van der Waals surface area contributed by atoms with Crippen molar-refractivity contribution in [3.8, 4) is 0 Å². The van der Waals surface area contributed by atoms with Gasteiger partial charge in [0.05, 0.1) is 46.9 Å². The molecule has 1 saturated heterocycles. The predicted octanol–water partition coefficient (Wildman–Crippen LogP) is -1.10. The molecule has 8 nitrogen and oxygen atoms in total. The van der Waals surface area contributed by atoms with Gasteiger partial charge in [-0.2, -0.15) is 0 Å². The van der Waals surface area contributed by atoms with Gasteiger partial charge in [-0.15, -0.1) is 0 Å². The molecule has 37 heavy (non-hydrogen) atoms. The molecule has 1 amide bonds. The number of carboxylic acids is 1. The number of rotatable bonds is 7. The molecule has 0 unspecified atom stereocenters. The minimum absolute atomic E-state index is 0. The number of sulfonamides is 1. The third kappa shape index (κ3) is 4.49. The number of fused-ring (bicyclic) bond motifs is 2. The van der Waals surface area contributed by atoms with E-state index >= 15 is 0 Å². The summed E-state index contributed by atoms with van der Waals surface area (Å²) in [7, 11) is -4.13. The Morgan fingerprint density at radius 1 is 1.05 bits per heavy atom. The number of para-hydroxylation sites is 1. The molecule has 0 aromatic heterocycles. The summed E-state index contributed by atoms with van der Waals surface area (Å²) in [6.45, 7) is 2.96. The van der Waals surface area contributed by atoms with Gasteiger partial charge in [0, 0.05) is 5.92 Å². The maximum absolute atomic E-state index is 14.0. The summed E-state index contributed by atoms with van der Waals surface area (Å²) in [5, 5.41) is 23.9. The van der Waals surface area contributed by atoms with Crippen LogP contribution in [0, 0.1) is 11.8 Å².